The Kier molecular flexibility index (Phi) is 6.45. The Labute approximate surface area is 171 Å². The van der Waals surface area contributed by atoms with E-state index in [9.17, 15) is 9.59 Å². The standard InChI is InChI=1S/C25H25NO3/c1-17-14-15-22(18(2)16-17)25(28)29-19(3)24(27)26-23(20-10-6-4-7-11-20)21-12-8-5-9-13-21/h4-16,19,23H,1-3H3,(H,26,27). The molecule has 0 heterocycles. The Hall–Kier alpha value is -3.40. The van der Waals surface area contributed by atoms with Crippen molar-refractivity contribution in [3.8, 4) is 0 Å². The van der Waals surface area contributed by atoms with E-state index in [1.807, 2.05) is 86.6 Å². The normalized spacial score (nSPS) is 11.7. The minimum absolute atomic E-state index is 0.327. The zero-order valence-electron chi connectivity index (χ0n) is 16.9. The number of esters is 1. The van der Waals surface area contributed by atoms with E-state index >= 15 is 0 Å². The van der Waals surface area contributed by atoms with Gasteiger partial charge in [0.1, 0.15) is 0 Å². The maximum atomic E-state index is 12.8. The van der Waals surface area contributed by atoms with Crippen molar-refractivity contribution < 1.29 is 14.3 Å². The van der Waals surface area contributed by atoms with Gasteiger partial charge in [0.05, 0.1) is 11.6 Å². The third-order valence-electron chi connectivity index (χ3n) is 4.81. The Morgan fingerprint density at radius 2 is 1.38 bits per heavy atom. The van der Waals surface area contributed by atoms with Crippen LogP contribution in [0.5, 0.6) is 0 Å². The molecule has 4 nitrogen and oxygen atoms in total. The third-order valence-corrected chi connectivity index (χ3v) is 4.81. The molecule has 0 saturated carbocycles. The topological polar surface area (TPSA) is 55.4 Å². The van der Waals surface area contributed by atoms with Gasteiger partial charge in [0, 0.05) is 0 Å². The summed E-state index contributed by atoms with van der Waals surface area (Å²) in [5, 5.41) is 3.01. The first-order valence-corrected chi connectivity index (χ1v) is 9.64. The van der Waals surface area contributed by atoms with E-state index in [0.717, 1.165) is 22.3 Å². The summed E-state index contributed by atoms with van der Waals surface area (Å²) in [6.07, 6.45) is -0.918. The van der Waals surface area contributed by atoms with Crippen LogP contribution in [0.3, 0.4) is 0 Å². The SMILES string of the molecule is Cc1ccc(C(=O)OC(C)C(=O)NC(c2ccccc2)c2ccccc2)c(C)c1. The predicted molar refractivity (Wildman–Crippen MR) is 114 cm³/mol. The van der Waals surface area contributed by atoms with Gasteiger partial charge in [-0.1, -0.05) is 78.4 Å². The van der Waals surface area contributed by atoms with Crippen molar-refractivity contribution in [1.29, 1.82) is 0 Å². The van der Waals surface area contributed by atoms with E-state index in [-0.39, 0.29) is 11.9 Å². The molecule has 148 valence electrons. The first-order chi connectivity index (χ1) is 14.0. The van der Waals surface area contributed by atoms with E-state index in [0.29, 0.717) is 5.56 Å². The Morgan fingerprint density at radius 1 is 0.828 bits per heavy atom. The number of benzene rings is 3. The smallest absolute Gasteiger partial charge is 0.339 e. The summed E-state index contributed by atoms with van der Waals surface area (Å²) < 4.78 is 5.44. The van der Waals surface area contributed by atoms with Crippen LogP contribution in [0.4, 0.5) is 0 Å². The molecule has 0 aliphatic carbocycles. The van der Waals surface area contributed by atoms with Gasteiger partial charge in [0.25, 0.3) is 5.91 Å². The fraction of sp³-hybridized carbons (Fsp3) is 0.200. The molecule has 0 spiro atoms. The molecule has 1 amide bonds. The molecule has 29 heavy (non-hydrogen) atoms. The van der Waals surface area contributed by atoms with Crippen molar-refractivity contribution in [3.05, 3.63) is 107 Å². The van der Waals surface area contributed by atoms with Crippen LogP contribution in [0.1, 0.15) is 45.6 Å². The van der Waals surface area contributed by atoms with E-state index in [1.165, 1.54) is 0 Å². The Morgan fingerprint density at radius 3 is 1.90 bits per heavy atom. The highest BCUT2D eigenvalue weighted by atomic mass is 16.5. The number of ether oxygens (including phenoxy) is 1. The molecule has 1 atom stereocenters. The highest BCUT2D eigenvalue weighted by Gasteiger charge is 2.24. The van der Waals surface area contributed by atoms with Crippen molar-refractivity contribution in [2.75, 3.05) is 0 Å². The summed E-state index contributed by atoms with van der Waals surface area (Å²) in [7, 11) is 0. The molecule has 0 aromatic heterocycles. The second-order valence-electron chi connectivity index (χ2n) is 7.13. The quantitative estimate of drug-likeness (QED) is 0.621. The molecule has 0 saturated heterocycles. The lowest BCUT2D eigenvalue weighted by Gasteiger charge is -2.22. The number of aryl methyl sites for hydroxylation is 2. The molecular weight excluding hydrogens is 362 g/mol. The summed E-state index contributed by atoms with van der Waals surface area (Å²) in [6, 6.07) is 24.6. The number of carbonyl (C=O) groups excluding carboxylic acids is 2. The number of nitrogens with one attached hydrogen (secondary N) is 1. The number of rotatable bonds is 6. The molecule has 1 unspecified atom stereocenters. The maximum Gasteiger partial charge on any atom is 0.339 e. The first kappa shape index (κ1) is 20.3. The van der Waals surface area contributed by atoms with Crippen LogP contribution in [0.2, 0.25) is 0 Å². The largest absolute Gasteiger partial charge is 0.449 e. The number of amides is 1. The summed E-state index contributed by atoms with van der Waals surface area (Å²) in [5.41, 5.74) is 4.28. The van der Waals surface area contributed by atoms with Gasteiger partial charge < -0.3 is 10.1 Å². The monoisotopic (exact) mass is 387 g/mol. The minimum Gasteiger partial charge on any atom is -0.449 e. The van der Waals surface area contributed by atoms with Crippen LogP contribution in [0.25, 0.3) is 0 Å². The summed E-state index contributed by atoms with van der Waals surface area (Å²) in [5.74, 6) is -0.845. The zero-order valence-corrected chi connectivity index (χ0v) is 16.9. The zero-order chi connectivity index (χ0) is 20.8. The molecule has 1 N–H and O–H groups in total. The van der Waals surface area contributed by atoms with Crippen LogP contribution in [-0.2, 0) is 9.53 Å². The minimum atomic E-state index is -0.918. The molecule has 4 heteroatoms. The van der Waals surface area contributed by atoms with Crippen molar-refractivity contribution in [3.63, 3.8) is 0 Å². The lowest BCUT2D eigenvalue weighted by Crippen LogP contribution is -2.38. The number of hydrogen-bond acceptors (Lipinski definition) is 3. The number of carbonyl (C=O) groups is 2. The Balaban J connectivity index is 1.74. The molecule has 0 fully saturated rings. The van der Waals surface area contributed by atoms with Crippen molar-refractivity contribution in [1.82, 2.24) is 5.32 Å². The fourth-order valence-electron chi connectivity index (χ4n) is 3.23. The van der Waals surface area contributed by atoms with Crippen LogP contribution >= 0.6 is 0 Å². The van der Waals surface area contributed by atoms with Gasteiger partial charge in [-0.25, -0.2) is 4.79 Å². The molecular formula is C25H25NO3. The second-order valence-corrected chi connectivity index (χ2v) is 7.13. The average molecular weight is 387 g/mol. The molecule has 3 rings (SSSR count). The van der Waals surface area contributed by atoms with Crippen LogP contribution < -0.4 is 5.32 Å². The highest BCUT2D eigenvalue weighted by Crippen LogP contribution is 2.22. The summed E-state index contributed by atoms with van der Waals surface area (Å²) in [6.45, 7) is 5.41. The van der Waals surface area contributed by atoms with Gasteiger partial charge in [0.15, 0.2) is 6.10 Å². The third kappa shape index (κ3) is 5.11. The predicted octanol–water partition coefficient (Wildman–Crippen LogP) is 4.75. The lowest BCUT2D eigenvalue weighted by atomic mass is 9.98. The van der Waals surface area contributed by atoms with Crippen LogP contribution in [0.15, 0.2) is 78.9 Å². The van der Waals surface area contributed by atoms with E-state index < -0.39 is 12.1 Å². The van der Waals surface area contributed by atoms with Gasteiger partial charge in [0.2, 0.25) is 0 Å². The second kappa shape index (κ2) is 9.20. The summed E-state index contributed by atoms with van der Waals surface area (Å²) in [4.78, 5) is 25.3. The van der Waals surface area contributed by atoms with E-state index in [4.69, 9.17) is 4.74 Å². The van der Waals surface area contributed by atoms with Crippen molar-refractivity contribution in [2.45, 2.75) is 32.9 Å². The molecule has 0 radical (unpaired) electrons. The van der Waals surface area contributed by atoms with E-state index in [1.54, 1.807) is 13.0 Å². The van der Waals surface area contributed by atoms with Gasteiger partial charge in [-0.3, -0.25) is 4.79 Å². The van der Waals surface area contributed by atoms with Gasteiger partial charge >= 0.3 is 5.97 Å². The average Bonchev–Trinajstić information content (AvgIpc) is 2.73. The molecule has 0 bridgehead atoms. The maximum absolute atomic E-state index is 12.8. The Bertz CT molecular complexity index is 944. The number of hydrogen-bond donors (Lipinski definition) is 1. The first-order valence-electron chi connectivity index (χ1n) is 9.64. The lowest BCUT2D eigenvalue weighted by molar-refractivity contribution is -0.129. The highest BCUT2D eigenvalue weighted by molar-refractivity contribution is 5.93. The van der Waals surface area contributed by atoms with Crippen LogP contribution in [0, 0.1) is 13.8 Å². The van der Waals surface area contributed by atoms with Gasteiger partial charge in [-0.2, -0.15) is 0 Å². The van der Waals surface area contributed by atoms with Crippen molar-refractivity contribution in [2.24, 2.45) is 0 Å². The molecule has 0 aliphatic rings. The van der Waals surface area contributed by atoms with Crippen LogP contribution in [-0.4, -0.2) is 18.0 Å². The molecule has 3 aromatic rings. The molecule has 0 aliphatic heterocycles. The van der Waals surface area contributed by atoms with E-state index in [2.05, 4.69) is 5.32 Å². The molecule has 3 aromatic carbocycles. The van der Waals surface area contributed by atoms with Gasteiger partial charge in [-0.05, 0) is 43.5 Å². The fourth-order valence-corrected chi connectivity index (χ4v) is 3.23. The van der Waals surface area contributed by atoms with Gasteiger partial charge in [-0.15, -0.1) is 0 Å². The van der Waals surface area contributed by atoms with Crippen molar-refractivity contribution >= 4 is 11.9 Å². The summed E-state index contributed by atoms with van der Waals surface area (Å²) >= 11 is 0.